The molecule has 1 amide bonds. The summed E-state index contributed by atoms with van der Waals surface area (Å²) in [7, 11) is 0. The van der Waals surface area contributed by atoms with Gasteiger partial charge in [-0.15, -0.1) is 12.4 Å². The smallest absolute Gasteiger partial charge is 0.240 e. The molecule has 0 saturated heterocycles. The summed E-state index contributed by atoms with van der Waals surface area (Å²) in [5, 5.41) is 3.19. The van der Waals surface area contributed by atoms with E-state index in [0.717, 1.165) is 24.7 Å². The van der Waals surface area contributed by atoms with Crippen LogP contribution in [0.1, 0.15) is 44.9 Å². The number of nitrogens with one attached hydrogen (secondary N) is 1. The van der Waals surface area contributed by atoms with Crippen LogP contribution in [0.2, 0.25) is 0 Å². The highest BCUT2D eigenvalue weighted by Crippen LogP contribution is 2.44. The minimum atomic E-state index is -0.489. The van der Waals surface area contributed by atoms with Gasteiger partial charge >= 0.3 is 0 Å². The van der Waals surface area contributed by atoms with Gasteiger partial charge in [-0.2, -0.15) is 0 Å². The summed E-state index contributed by atoms with van der Waals surface area (Å²) in [6, 6.07) is 0.436. The Balaban J connectivity index is 0.000000963. The number of carbonyl (C=O) groups excluding carboxylic acids is 1. The van der Waals surface area contributed by atoms with Crippen molar-refractivity contribution in [1.82, 2.24) is 5.32 Å². The van der Waals surface area contributed by atoms with Crippen molar-refractivity contribution in [2.24, 2.45) is 17.6 Å². The van der Waals surface area contributed by atoms with Crippen LogP contribution < -0.4 is 11.1 Å². The number of hydrogen-bond acceptors (Lipinski definition) is 2. The van der Waals surface area contributed by atoms with E-state index in [1.165, 1.54) is 32.1 Å². The molecule has 0 heterocycles. The Kier molecular flexibility index (Phi) is 3.19. The van der Waals surface area contributed by atoms with Gasteiger partial charge < -0.3 is 11.1 Å². The van der Waals surface area contributed by atoms with Gasteiger partial charge in [0.25, 0.3) is 0 Å². The van der Waals surface area contributed by atoms with Gasteiger partial charge in [-0.3, -0.25) is 4.79 Å². The van der Waals surface area contributed by atoms with E-state index in [-0.39, 0.29) is 18.3 Å². The fourth-order valence-electron chi connectivity index (χ4n) is 3.41. The van der Waals surface area contributed by atoms with Crippen LogP contribution in [0.5, 0.6) is 0 Å². The van der Waals surface area contributed by atoms with E-state index in [4.69, 9.17) is 5.73 Å². The van der Waals surface area contributed by atoms with Gasteiger partial charge in [-0.25, -0.2) is 0 Å². The first-order chi connectivity index (χ1) is 7.19. The summed E-state index contributed by atoms with van der Waals surface area (Å²) in [4.78, 5) is 11.8. The SMILES string of the molecule is Cl.NC1(C(=O)N[C@H]2CC[C@@H]3CCC[C@@H]32)CC1. The van der Waals surface area contributed by atoms with Crippen LogP contribution in [-0.4, -0.2) is 17.5 Å². The summed E-state index contributed by atoms with van der Waals surface area (Å²) in [5.74, 6) is 1.76. The molecule has 0 unspecified atom stereocenters. The molecule has 3 atom stereocenters. The minimum absolute atomic E-state index is 0. The Morgan fingerprint density at radius 1 is 1.19 bits per heavy atom. The van der Waals surface area contributed by atoms with Gasteiger partial charge in [-0.05, 0) is 43.9 Å². The van der Waals surface area contributed by atoms with E-state index < -0.39 is 5.54 Å². The van der Waals surface area contributed by atoms with E-state index in [1.54, 1.807) is 0 Å². The summed E-state index contributed by atoms with van der Waals surface area (Å²) in [5.41, 5.74) is 5.40. The van der Waals surface area contributed by atoms with Gasteiger partial charge in [-0.1, -0.05) is 12.8 Å². The molecule has 0 aromatic heterocycles. The van der Waals surface area contributed by atoms with Crippen LogP contribution in [-0.2, 0) is 4.79 Å². The fourth-order valence-corrected chi connectivity index (χ4v) is 3.41. The quantitative estimate of drug-likeness (QED) is 0.775. The van der Waals surface area contributed by atoms with Crippen molar-refractivity contribution in [3.8, 4) is 0 Å². The Morgan fingerprint density at radius 3 is 2.62 bits per heavy atom. The van der Waals surface area contributed by atoms with E-state index in [1.807, 2.05) is 0 Å². The molecule has 92 valence electrons. The van der Waals surface area contributed by atoms with Crippen molar-refractivity contribution >= 4 is 18.3 Å². The molecule has 3 aliphatic carbocycles. The third-order valence-electron chi connectivity index (χ3n) is 4.64. The molecule has 0 aromatic carbocycles. The third-order valence-corrected chi connectivity index (χ3v) is 4.64. The molecule has 0 radical (unpaired) electrons. The topological polar surface area (TPSA) is 55.1 Å². The lowest BCUT2D eigenvalue weighted by molar-refractivity contribution is -0.124. The second-order valence-corrected chi connectivity index (χ2v) is 5.67. The van der Waals surface area contributed by atoms with Gasteiger partial charge in [0.2, 0.25) is 5.91 Å². The van der Waals surface area contributed by atoms with E-state index >= 15 is 0 Å². The largest absolute Gasteiger partial charge is 0.351 e. The maximum atomic E-state index is 11.8. The highest BCUT2D eigenvalue weighted by molar-refractivity contribution is 5.89. The highest BCUT2D eigenvalue weighted by atomic mass is 35.5. The number of nitrogens with two attached hydrogens (primary N) is 1. The molecule has 3 N–H and O–H groups in total. The van der Waals surface area contributed by atoms with Crippen LogP contribution in [0.15, 0.2) is 0 Å². The summed E-state index contributed by atoms with van der Waals surface area (Å²) in [6.45, 7) is 0. The predicted octanol–water partition coefficient (Wildman–Crippen LogP) is 1.59. The Hall–Kier alpha value is -0.280. The van der Waals surface area contributed by atoms with Crippen molar-refractivity contribution in [3.63, 3.8) is 0 Å². The first kappa shape index (κ1) is 12.2. The molecular formula is C12H21ClN2O. The Bertz CT molecular complexity index is 291. The van der Waals surface area contributed by atoms with Crippen molar-refractivity contribution < 1.29 is 4.79 Å². The second kappa shape index (κ2) is 4.19. The normalized spacial score (nSPS) is 38.7. The van der Waals surface area contributed by atoms with Crippen molar-refractivity contribution in [3.05, 3.63) is 0 Å². The molecule has 3 saturated carbocycles. The molecular weight excluding hydrogens is 224 g/mol. The zero-order chi connectivity index (χ0) is 10.5. The van der Waals surface area contributed by atoms with E-state index in [2.05, 4.69) is 5.32 Å². The monoisotopic (exact) mass is 244 g/mol. The van der Waals surface area contributed by atoms with Crippen LogP contribution >= 0.6 is 12.4 Å². The van der Waals surface area contributed by atoms with Crippen LogP contribution in [0.4, 0.5) is 0 Å². The van der Waals surface area contributed by atoms with Crippen molar-refractivity contribution in [2.45, 2.75) is 56.5 Å². The van der Waals surface area contributed by atoms with Gasteiger partial charge in [0.1, 0.15) is 0 Å². The molecule has 0 aromatic rings. The molecule has 0 spiro atoms. The minimum Gasteiger partial charge on any atom is -0.351 e. The van der Waals surface area contributed by atoms with Crippen molar-refractivity contribution in [1.29, 1.82) is 0 Å². The number of halogens is 1. The summed E-state index contributed by atoms with van der Waals surface area (Å²) < 4.78 is 0. The predicted molar refractivity (Wildman–Crippen MR) is 65.4 cm³/mol. The highest BCUT2D eigenvalue weighted by Gasteiger charge is 2.48. The number of hydrogen-bond donors (Lipinski definition) is 2. The molecule has 3 fully saturated rings. The number of carbonyl (C=O) groups is 1. The average molecular weight is 245 g/mol. The maximum absolute atomic E-state index is 11.8. The standard InChI is InChI=1S/C12H20N2O.ClH/c13-12(6-7-12)11(15)14-10-5-4-8-2-1-3-9(8)10;/h8-10H,1-7,13H2,(H,14,15);1H/t8-,9-,10-;/m0./s1. The number of fused-ring (bicyclic) bond motifs is 1. The molecule has 3 nitrogen and oxygen atoms in total. The Morgan fingerprint density at radius 2 is 1.94 bits per heavy atom. The maximum Gasteiger partial charge on any atom is 0.240 e. The van der Waals surface area contributed by atoms with Gasteiger partial charge in [0.05, 0.1) is 5.54 Å². The first-order valence-corrected chi connectivity index (χ1v) is 6.29. The second-order valence-electron chi connectivity index (χ2n) is 5.67. The van der Waals surface area contributed by atoms with Gasteiger partial charge in [0, 0.05) is 6.04 Å². The van der Waals surface area contributed by atoms with E-state index in [9.17, 15) is 4.79 Å². The van der Waals surface area contributed by atoms with Crippen LogP contribution in [0.3, 0.4) is 0 Å². The zero-order valence-corrected chi connectivity index (χ0v) is 10.4. The number of rotatable bonds is 2. The van der Waals surface area contributed by atoms with Crippen LogP contribution in [0.25, 0.3) is 0 Å². The first-order valence-electron chi connectivity index (χ1n) is 6.29. The van der Waals surface area contributed by atoms with Gasteiger partial charge in [0.15, 0.2) is 0 Å². The molecule has 0 aliphatic heterocycles. The average Bonchev–Trinajstić information content (AvgIpc) is 2.67. The molecule has 3 aliphatic rings. The Labute approximate surface area is 103 Å². The fraction of sp³-hybridized carbons (Fsp3) is 0.917. The lowest BCUT2D eigenvalue weighted by atomic mass is 9.97. The van der Waals surface area contributed by atoms with E-state index in [0.29, 0.717) is 6.04 Å². The lowest BCUT2D eigenvalue weighted by Gasteiger charge is -2.21. The molecule has 3 rings (SSSR count). The molecule has 0 bridgehead atoms. The zero-order valence-electron chi connectivity index (χ0n) is 9.58. The number of amides is 1. The summed E-state index contributed by atoms with van der Waals surface area (Å²) in [6.07, 6.45) is 8.29. The lowest BCUT2D eigenvalue weighted by Crippen LogP contribution is -2.48. The summed E-state index contributed by atoms with van der Waals surface area (Å²) >= 11 is 0. The van der Waals surface area contributed by atoms with Crippen molar-refractivity contribution in [2.75, 3.05) is 0 Å². The molecule has 16 heavy (non-hydrogen) atoms. The molecule has 4 heteroatoms. The van der Waals surface area contributed by atoms with Crippen LogP contribution in [0, 0.1) is 11.8 Å². The third kappa shape index (κ3) is 1.95.